The highest BCUT2D eigenvalue weighted by Gasteiger charge is 2.33. The van der Waals surface area contributed by atoms with Crippen molar-refractivity contribution in [3.05, 3.63) is 59.7 Å². The first kappa shape index (κ1) is 16.2. The molecule has 0 aromatic heterocycles. The molecule has 0 bridgehead atoms. The molecule has 2 aliphatic heterocycles. The maximum Gasteiger partial charge on any atom is 0.338 e. The van der Waals surface area contributed by atoms with E-state index >= 15 is 0 Å². The molecule has 0 saturated heterocycles. The average molecular weight is 374 g/mol. The number of carbonyl (C=O) groups is 1. The number of carbonyl (C=O) groups excluding carboxylic acids is 1. The number of nitrogens with zero attached hydrogens (tertiary/aromatic N) is 2. The van der Waals surface area contributed by atoms with E-state index in [0.29, 0.717) is 17.3 Å². The summed E-state index contributed by atoms with van der Waals surface area (Å²) in [6, 6.07) is 14.7. The molecule has 0 spiro atoms. The lowest BCUT2D eigenvalue weighted by Crippen LogP contribution is -2.35. The molecule has 2 aromatic carbocycles. The van der Waals surface area contributed by atoms with Gasteiger partial charge in [-0.15, -0.1) is 4.40 Å². The summed E-state index contributed by atoms with van der Waals surface area (Å²) in [5.41, 5.74) is 2.23. The van der Waals surface area contributed by atoms with E-state index in [0.717, 1.165) is 16.1 Å². The van der Waals surface area contributed by atoms with Gasteiger partial charge in [-0.05, 0) is 35.5 Å². The number of benzene rings is 2. The first-order chi connectivity index (χ1) is 12.0. The third-order valence-corrected chi connectivity index (χ3v) is 6.23. The molecule has 0 unspecified atom stereocenters. The Morgan fingerprint density at radius 2 is 2.00 bits per heavy atom. The smallest absolute Gasteiger partial charge is 0.338 e. The molecular formula is C17H14N2O4S2. The Hall–Kier alpha value is -2.32. The normalized spacial score (nSPS) is 17.4. The topological polar surface area (TPSA) is 76.0 Å². The van der Waals surface area contributed by atoms with E-state index in [2.05, 4.69) is 4.40 Å². The van der Waals surface area contributed by atoms with Gasteiger partial charge in [-0.2, -0.15) is 0 Å². The van der Waals surface area contributed by atoms with E-state index in [4.69, 9.17) is 4.74 Å². The maximum absolute atomic E-state index is 12.3. The van der Waals surface area contributed by atoms with E-state index in [9.17, 15) is 13.2 Å². The molecule has 0 aliphatic carbocycles. The van der Waals surface area contributed by atoms with Crippen molar-refractivity contribution in [2.75, 3.05) is 17.2 Å². The lowest BCUT2D eigenvalue weighted by Gasteiger charge is -2.22. The first-order valence-electron chi connectivity index (χ1n) is 7.65. The average Bonchev–Trinajstić information content (AvgIpc) is 2.95. The molecule has 6 nitrogen and oxygen atoms in total. The summed E-state index contributed by atoms with van der Waals surface area (Å²) in [6.45, 7) is 0.583. The predicted molar refractivity (Wildman–Crippen MR) is 96.4 cm³/mol. The van der Waals surface area contributed by atoms with Gasteiger partial charge >= 0.3 is 5.97 Å². The SMILES string of the molecule is O=C(OCc1ccccc1)c1ccc2c(c1)SC1=NS(=O)(=O)CCN12. The van der Waals surface area contributed by atoms with Crippen LogP contribution in [-0.4, -0.2) is 31.9 Å². The summed E-state index contributed by atoms with van der Waals surface area (Å²) < 4.78 is 32.4. The summed E-state index contributed by atoms with van der Waals surface area (Å²) in [5, 5.41) is 0.441. The largest absolute Gasteiger partial charge is 0.457 e. The summed E-state index contributed by atoms with van der Waals surface area (Å²) in [4.78, 5) is 14.9. The Morgan fingerprint density at radius 1 is 1.20 bits per heavy atom. The highest BCUT2D eigenvalue weighted by molar-refractivity contribution is 8.15. The van der Waals surface area contributed by atoms with Crippen molar-refractivity contribution in [3.8, 4) is 0 Å². The second-order valence-electron chi connectivity index (χ2n) is 5.66. The van der Waals surface area contributed by atoms with Gasteiger partial charge in [0.1, 0.15) is 6.61 Å². The molecule has 128 valence electrons. The van der Waals surface area contributed by atoms with Crippen molar-refractivity contribution < 1.29 is 17.9 Å². The van der Waals surface area contributed by atoms with Gasteiger partial charge in [0.25, 0.3) is 10.0 Å². The van der Waals surface area contributed by atoms with Crippen molar-refractivity contribution in [3.63, 3.8) is 0 Å². The third kappa shape index (κ3) is 3.27. The quantitative estimate of drug-likeness (QED) is 0.769. The lowest BCUT2D eigenvalue weighted by atomic mass is 10.2. The molecule has 2 aromatic rings. The minimum absolute atomic E-state index is 0.00261. The van der Waals surface area contributed by atoms with Gasteiger partial charge in [0, 0.05) is 11.4 Å². The van der Waals surface area contributed by atoms with Crippen LogP contribution >= 0.6 is 11.8 Å². The number of amidine groups is 1. The molecule has 4 rings (SSSR count). The standard InChI is InChI=1S/C17H14N2O4S2/c20-16(23-11-12-4-2-1-3-5-12)13-6-7-14-15(10-13)24-17-18-25(21,22)9-8-19(14)17/h1-7,10H,8-9,11H2. The summed E-state index contributed by atoms with van der Waals surface area (Å²) in [6.07, 6.45) is 0. The van der Waals surface area contributed by atoms with Gasteiger partial charge in [0.2, 0.25) is 0 Å². The fraction of sp³-hybridized carbons (Fsp3) is 0.176. The van der Waals surface area contributed by atoms with Gasteiger partial charge < -0.3 is 9.64 Å². The molecule has 0 radical (unpaired) electrons. The molecule has 0 atom stereocenters. The number of anilines is 1. The van der Waals surface area contributed by atoms with E-state index in [1.807, 2.05) is 41.3 Å². The van der Waals surface area contributed by atoms with E-state index < -0.39 is 16.0 Å². The van der Waals surface area contributed by atoms with Gasteiger partial charge in [-0.3, -0.25) is 0 Å². The second-order valence-corrected chi connectivity index (χ2v) is 8.42. The minimum atomic E-state index is -3.39. The number of sulfonamides is 1. The van der Waals surface area contributed by atoms with E-state index in [1.54, 1.807) is 12.1 Å². The molecule has 8 heteroatoms. The number of esters is 1. The fourth-order valence-corrected chi connectivity index (χ4v) is 4.96. The van der Waals surface area contributed by atoms with Crippen LogP contribution in [0.1, 0.15) is 15.9 Å². The highest BCUT2D eigenvalue weighted by Crippen LogP contribution is 2.42. The number of fused-ring (bicyclic) bond motifs is 3. The summed E-state index contributed by atoms with van der Waals surface area (Å²) in [5.74, 6) is -0.413. The predicted octanol–water partition coefficient (Wildman–Crippen LogP) is 2.66. The summed E-state index contributed by atoms with van der Waals surface area (Å²) in [7, 11) is -3.39. The molecule has 2 heterocycles. The van der Waals surface area contributed by atoms with Gasteiger partial charge in [0.05, 0.1) is 17.0 Å². The number of rotatable bonds is 3. The van der Waals surface area contributed by atoms with Gasteiger partial charge in [-0.1, -0.05) is 30.3 Å². The number of hydrogen-bond donors (Lipinski definition) is 0. The van der Waals surface area contributed by atoms with E-state index in [-0.39, 0.29) is 12.4 Å². The van der Waals surface area contributed by atoms with Crippen LogP contribution in [0.25, 0.3) is 0 Å². The molecule has 2 aliphatic rings. The summed E-state index contributed by atoms with van der Waals surface area (Å²) >= 11 is 1.26. The monoisotopic (exact) mass is 374 g/mol. The molecule has 0 fully saturated rings. The van der Waals surface area contributed by atoms with Crippen LogP contribution in [0, 0.1) is 0 Å². The third-order valence-electron chi connectivity index (χ3n) is 3.92. The van der Waals surface area contributed by atoms with Crippen molar-refractivity contribution >= 4 is 38.6 Å². The van der Waals surface area contributed by atoms with Crippen LogP contribution in [0.2, 0.25) is 0 Å². The first-order valence-corrected chi connectivity index (χ1v) is 10.1. The van der Waals surface area contributed by atoms with Crippen LogP contribution in [-0.2, 0) is 21.4 Å². The zero-order valence-corrected chi connectivity index (χ0v) is 14.7. The zero-order chi connectivity index (χ0) is 17.4. The molecule has 25 heavy (non-hydrogen) atoms. The van der Waals surface area contributed by atoms with Crippen LogP contribution < -0.4 is 4.90 Å². The molecule has 0 amide bonds. The Labute approximate surface area is 149 Å². The Bertz CT molecular complexity index is 971. The minimum Gasteiger partial charge on any atom is -0.457 e. The number of ether oxygens (including phenoxy) is 1. The van der Waals surface area contributed by atoms with E-state index in [1.165, 1.54) is 11.8 Å². The highest BCUT2D eigenvalue weighted by atomic mass is 32.2. The van der Waals surface area contributed by atoms with Crippen molar-refractivity contribution in [2.24, 2.45) is 4.40 Å². The van der Waals surface area contributed by atoms with Crippen molar-refractivity contribution in [1.82, 2.24) is 0 Å². The molecular weight excluding hydrogens is 360 g/mol. The maximum atomic E-state index is 12.3. The van der Waals surface area contributed by atoms with Crippen LogP contribution in [0.3, 0.4) is 0 Å². The fourth-order valence-electron chi connectivity index (χ4n) is 2.66. The molecule has 0 saturated carbocycles. The Morgan fingerprint density at radius 3 is 2.80 bits per heavy atom. The molecule has 0 N–H and O–H groups in total. The van der Waals surface area contributed by atoms with Gasteiger partial charge in [-0.25, -0.2) is 13.2 Å². The Kier molecular flexibility index (Phi) is 4.01. The van der Waals surface area contributed by atoms with Crippen molar-refractivity contribution in [1.29, 1.82) is 0 Å². The Balaban J connectivity index is 1.52. The van der Waals surface area contributed by atoms with Crippen molar-refractivity contribution in [2.45, 2.75) is 11.5 Å². The van der Waals surface area contributed by atoms with Crippen LogP contribution in [0.5, 0.6) is 0 Å². The number of hydrogen-bond acceptors (Lipinski definition) is 6. The van der Waals surface area contributed by atoms with Crippen LogP contribution in [0.15, 0.2) is 57.8 Å². The zero-order valence-electron chi connectivity index (χ0n) is 13.1. The van der Waals surface area contributed by atoms with Gasteiger partial charge in [0.15, 0.2) is 5.17 Å². The number of thioether (sulfide) groups is 1. The lowest BCUT2D eigenvalue weighted by molar-refractivity contribution is 0.0472. The second kappa shape index (κ2) is 6.20. The van der Waals surface area contributed by atoms with Crippen LogP contribution in [0.4, 0.5) is 5.69 Å².